The Balaban J connectivity index is 1.56. The third-order valence-corrected chi connectivity index (χ3v) is 5.95. The Kier molecular flexibility index (Phi) is 5.36. The predicted octanol–water partition coefficient (Wildman–Crippen LogP) is 2.45. The summed E-state index contributed by atoms with van der Waals surface area (Å²) >= 11 is 0. The molecule has 2 unspecified atom stereocenters. The molecule has 0 radical (unpaired) electrons. The van der Waals surface area contributed by atoms with Crippen LogP contribution in [0.2, 0.25) is 0 Å². The fraction of sp³-hybridized carbons (Fsp3) is 1.00. The van der Waals surface area contributed by atoms with Crippen molar-refractivity contribution in [2.24, 2.45) is 11.7 Å². The lowest BCUT2D eigenvalue weighted by Gasteiger charge is -2.35. The monoisotopic (exact) mass is 279 g/mol. The molecule has 2 aliphatic heterocycles. The first kappa shape index (κ1) is 14.8. The van der Waals surface area contributed by atoms with Crippen LogP contribution in [0.1, 0.15) is 57.8 Å². The minimum Gasteiger partial charge on any atom is -0.329 e. The van der Waals surface area contributed by atoms with Crippen LogP contribution in [0.4, 0.5) is 0 Å². The molecule has 3 fully saturated rings. The van der Waals surface area contributed by atoms with E-state index in [1.807, 2.05) is 0 Å². The van der Waals surface area contributed by atoms with Crippen LogP contribution in [-0.2, 0) is 0 Å². The summed E-state index contributed by atoms with van der Waals surface area (Å²) in [6.45, 7) is 6.09. The zero-order valence-electron chi connectivity index (χ0n) is 13.1. The molecule has 2 heterocycles. The summed E-state index contributed by atoms with van der Waals surface area (Å²) in [5.74, 6) is 0.959. The second-order valence-electron chi connectivity index (χ2n) is 7.31. The topological polar surface area (TPSA) is 32.5 Å². The van der Waals surface area contributed by atoms with Crippen molar-refractivity contribution < 1.29 is 0 Å². The summed E-state index contributed by atoms with van der Waals surface area (Å²) < 4.78 is 0. The number of nitrogens with zero attached hydrogens (tertiary/aromatic N) is 2. The second-order valence-corrected chi connectivity index (χ2v) is 7.31. The molecule has 2 saturated heterocycles. The van der Waals surface area contributed by atoms with Gasteiger partial charge in [-0.25, -0.2) is 0 Å². The zero-order chi connectivity index (χ0) is 13.8. The lowest BCUT2D eigenvalue weighted by molar-refractivity contribution is 0.145. The van der Waals surface area contributed by atoms with E-state index in [4.69, 9.17) is 5.73 Å². The maximum absolute atomic E-state index is 6.15. The van der Waals surface area contributed by atoms with E-state index in [0.717, 1.165) is 18.5 Å². The van der Waals surface area contributed by atoms with E-state index in [1.54, 1.807) is 0 Å². The molecular weight excluding hydrogens is 246 g/mol. The highest BCUT2D eigenvalue weighted by atomic mass is 15.3. The summed E-state index contributed by atoms with van der Waals surface area (Å²) in [5, 5.41) is 0. The molecule has 20 heavy (non-hydrogen) atoms. The van der Waals surface area contributed by atoms with Gasteiger partial charge in [-0.05, 0) is 51.2 Å². The van der Waals surface area contributed by atoms with Gasteiger partial charge in [-0.3, -0.25) is 9.80 Å². The SMILES string of the molecule is NCC(CC1CCCCC1)N1CCCN2CCCC2C1. The summed E-state index contributed by atoms with van der Waals surface area (Å²) in [7, 11) is 0. The fourth-order valence-corrected chi connectivity index (χ4v) is 4.77. The van der Waals surface area contributed by atoms with Crippen molar-refractivity contribution in [2.45, 2.75) is 69.9 Å². The van der Waals surface area contributed by atoms with Gasteiger partial charge in [0.15, 0.2) is 0 Å². The van der Waals surface area contributed by atoms with E-state index in [9.17, 15) is 0 Å². The van der Waals surface area contributed by atoms with Crippen molar-refractivity contribution in [2.75, 3.05) is 32.7 Å². The molecule has 3 nitrogen and oxygen atoms in total. The van der Waals surface area contributed by atoms with Crippen molar-refractivity contribution >= 4 is 0 Å². The van der Waals surface area contributed by atoms with Gasteiger partial charge in [-0.15, -0.1) is 0 Å². The van der Waals surface area contributed by atoms with Gasteiger partial charge in [-0.1, -0.05) is 32.1 Å². The first-order valence-electron chi connectivity index (χ1n) is 9.05. The van der Waals surface area contributed by atoms with Gasteiger partial charge in [0.2, 0.25) is 0 Å². The van der Waals surface area contributed by atoms with Gasteiger partial charge in [0, 0.05) is 25.2 Å². The van der Waals surface area contributed by atoms with E-state index in [0.29, 0.717) is 6.04 Å². The van der Waals surface area contributed by atoms with E-state index >= 15 is 0 Å². The summed E-state index contributed by atoms with van der Waals surface area (Å²) in [4.78, 5) is 5.48. The van der Waals surface area contributed by atoms with E-state index in [1.165, 1.54) is 84.0 Å². The van der Waals surface area contributed by atoms with Gasteiger partial charge in [0.25, 0.3) is 0 Å². The lowest BCUT2D eigenvalue weighted by atomic mass is 9.84. The molecule has 0 spiro atoms. The van der Waals surface area contributed by atoms with Gasteiger partial charge in [0.05, 0.1) is 0 Å². The quantitative estimate of drug-likeness (QED) is 0.858. The first-order valence-corrected chi connectivity index (χ1v) is 9.05. The fourth-order valence-electron chi connectivity index (χ4n) is 4.77. The zero-order valence-corrected chi connectivity index (χ0v) is 13.1. The van der Waals surface area contributed by atoms with Crippen molar-refractivity contribution in [3.8, 4) is 0 Å². The molecular formula is C17H33N3. The van der Waals surface area contributed by atoms with Crippen LogP contribution in [0.15, 0.2) is 0 Å². The van der Waals surface area contributed by atoms with E-state index in [2.05, 4.69) is 9.80 Å². The second kappa shape index (κ2) is 7.24. The maximum atomic E-state index is 6.15. The molecule has 3 heteroatoms. The molecule has 0 aromatic carbocycles. The Morgan fingerprint density at radius 1 is 0.900 bits per heavy atom. The Morgan fingerprint density at radius 3 is 2.50 bits per heavy atom. The maximum Gasteiger partial charge on any atom is 0.0223 e. The number of rotatable bonds is 4. The van der Waals surface area contributed by atoms with Crippen molar-refractivity contribution in [1.29, 1.82) is 0 Å². The third-order valence-electron chi connectivity index (χ3n) is 5.95. The normalized spacial score (nSPS) is 31.9. The van der Waals surface area contributed by atoms with Crippen LogP contribution in [0.25, 0.3) is 0 Å². The van der Waals surface area contributed by atoms with Crippen LogP contribution in [0.3, 0.4) is 0 Å². The molecule has 0 amide bonds. The molecule has 116 valence electrons. The van der Waals surface area contributed by atoms with Crippen LogP contribution >= 0.6 is 0 Å². The summed E-state index contributed by atoms with van der Waals surface area (Å²) in [5.41, 5.74) is 6.15. The number of hydrogen-bond donors (Lipinski definition) is 1. The van der Waals surface area contributed by atoms with Crippen molar-refractivity contribution in [1.82, 2.24) is 9.80 Å². The number of nitrogens with two attached hydrogens (primary N) is 1. The Morgan fingerprint density at radius 2 is 1.70 bits per heavy atom. The van der Waals surface area contributed by atoms with Gasteiger partial charge in [0.1, 0.15) is 0 Å². The molecule has 0 aromatic heterocycles. The standard InChI is InChI=1S/C17H33N3/c18-13-17(12-15-6-2-1-3-7-15)20-11-5-10-19-9-4-8-16(19)14-20/h15-17H,1-14,18H2. The number of hydrogen-bond acceptors (Lipinski definition) is 3. The highest BCUT2D eigenvalue weighted by molar-refractivity contribution is 4.88. The average molecular weight is 279 g/mol. The summed E-state index contributed by atoms with van der Waals surface area (Å²) in [6, 6.07) is 1.48. The molecule has 2 atom stereocenters. The van der Waals surface area contributed by atoms with Crippen LogP contribution in [0.5, 0.6) is 0 Å². The summed E-state index contributed by atoms with van der Waals surface area (Å²) in [6.07, 6.45) is 12.8. The first-order chi connectivity index (χ1) is 9.86. The molecule has 3 rings (SSSR count). The third kappa shape index (κ3) is 3.55. The highest BCUT2D eigenvalue weighted by Gasteiger charge is 2.32. The minimum atomic E-state index is 0.652. The minimum absolute atomic E-state index is 0.652. The highest BCUT2D eigenvalue weighted by Crippen LogP contribution is 2.30. The molecule has 2 N–H and O–H groups in total. The Bertz CT molecular complexity index is 288. The van der Waals surface area contributed by atoms with Gasteiger partial charge >= 0.3 is 0 Å². The van der Waals surface area contributed by atoms with Gasteiger partial charge < -0.3 is 5.73 Å². The Labute approximate surface area is 124 Å². The van der Waals surface area contributed by atoms with Crippen LogP contribution in [0, 0.1) is 5.92 Å². The molecule has 1 saturated carbocycles. The molecule has 3 aliphatic rings. The predicted molar refractivity (Wildman–Crippen MR) is 84.8 cm³/mol. The largest absolute Gasteiger partial charge is 0.329 e. The Hall–Kier alpha value is -0.120. The van der Waals surface area contributed by atoms with E-state index < -0.39 is 0 Å². The molecule has 0 bridgehead atoms. The van der Waals surface area contributed by atoms with Crippen molar-refractivity contribution in [3.05, 3.63) is 0 Å². The van der Waals surface area contributed by atoms with Crippen LogP contribution < -0.4 is 5.73 Å². The van der Waals surface area contributed by atoms with Crippen molar-refractivity contribution in [3.63, 3.8) is 0 Å². The average Bonchev–Trinajstić information content (AvgIpc) is 2.83. The van der Waals surface area contributed by atoms with Crippen LogP contribution in [-0.4, -0.2) is 54.6 Å². The number of fused-ring (bicyclic) bond motifs is 1. The molecule has 0 aromatic rings. The lowest BCUT2D eigenvalue weighted by Crippen LogP contribution is -2.46. The van der Waals surface area contributed by atoms with E-state index in [-0.39, 0.29) is 0 Å². The van der Waals surface area contributed by atoms with Gasteiger partial charge in [-0.2, -0.15) is 0 Å². The smallest absolute Gasteiger partial charge is 0.0223 e. The molecule has 1 aliphatic carbocycles.